The van der Waals surface area contributed by atoms with Crippen molar-refractivity contribution >= 4 is 11.5 Å². The van der Waals surface area contributed by atoms with Gasteiger partial charge in [-0.2, -0.15) is 5.10 Å². The Morgan fingerprint density at radius 3 is 2.68 bits per heavy atom. The summed E-state index contributed by atoms with van der Waals surface area (Å²) >= 11 is 0. The predicted molar refractivity (Wildman–Crippen MR) is 109 cm³/mol. The standard InChI is InChI=1S/C21H19FN6O3/c1-21(2,20(30)31-3)17-19(29)25-18(27-26-17)16-14-9-6-10-23-28(14)15(24-16)11-12-7-4-5-8-13(12)22/h4-10H,11H2,1-3H3,(H,25,27,29). The van der Waals surface area contributed by atoms with Gasteiger partial charge in [-0.25, -0.2) is 13.9 Å². The van der Waals surface area contributed by atoms with Gasteiger partial charge < -0.3 is 9.72 Å². The van der Waals surface area contributed by atoms with E-state index in [4.69, 9.17) is 4.74 Å². The largest absolute Gasteiger partial charge is 0.468 e. The van der Waals surface area contributed by atoms with E-state index in [1.54, 1.807) is 41.0 Å². The Morgan fingerprint density at radius 1 is 1.19 bits per heavy atom. The van der Waals surface area contributed by atoms with Crippen LogP contribution in [0.15, 0.2) is 47.4 Å². The molecule has 0 amide bonds. The number of benzene rings is 1. The van der Waals surface area contributed by atoms with E-state index in [0.29, 0.717) is 22.6 Å². The average Bonchev–Trinajstić information content (AvgIpc) is 3.13. The number of hydrogen-bond donors (Lipinski definition) is 1. The number of halogens is 1. The van der Waals surface area contributed by atoms with Crippen molar-refractivity contribution in [1.29, 1.82) is 0 Å². The molecule has 4 aromatic rings. The number of H-pyrrole nitrogens is 1. The zero-order chi connectivity index (χ0) is 22.2. The highest BCUT2D eigenvalue weighted by atomic mass is 19.1. The topological polar surface area (TPSA) is 115 Å². The Hall–Kier alpha value is -3.95. The van der Waals surface area contributed by atoms with E-state index in [-0.39, 0.29) is 23.8 Å². The van der Waals surface area contributed by atoms with Gasteiger partial charge in [0.1, 0.15) is 28.4 Å². The average molecular weight is 422 g/mol. The molecule has 9 nitrogen and oxygen atoms in total. The first-order chi connectivity index (χ1) is 14.8. The summed E-state index contributed by atoms with van der Waals surface area (Å²) in [6.45, 7) is 3.06. The molecular formula is C21H19FN6O3. The number of rotatable bonds is 5. The van der Waals surface area contributed by atoms with Crippen LogP contribution in [0.4, 0.5) is 4.39 Å². The molecule has 0 aliphatic rings. The first-order valence-corrected chi connectivity index (χ1v) is 9.45. The van der Waals surface area contributed by atoms with Crippen LogP contribution in [0.2, 0.25) is 0 Å². The summed E-state index contributed by atoms with van der Waals surface area (Å²) in [6, 6.07) is 9.88. The van der Waals surface area contributed by atoms with E-state index in [0.717, 1.165) is 0 Å². The minimum atomic E-state index is -1.28. The van der Waals surface area contributed by atoms with Gasteiger partial charge in [0.25, 0.3) is 5.56 Å². The first kappa shape index (κ1) is 20.3. The van der Waals surface area contributed by atoms with Crippen LogP contribution in [-0.2, 0) is 21.4 Å². The Bertz CT molecular complexity index is 1340. The lowest BCUT2D eigenvalue weighted by Gasteiger charge is -2.18. The molecule has 158 valence electrons. The number of hydrogen-bond acceptors (Lipinski definition) is 7. The van der Waals surface area contributed by atoms with Gasteiger partial charge in [-0.1, -0.05) is 18.2 Å². The van der Waals surface area contributed by atoms with Crippen molar-refractivity contribution in [2.24, 2.45) is 0 Å². The van der Waals surface area contributed by atoms with Crippen LogP contribution in [0, 0.1) is 5.82 Å². The third-order valence-electron chi connectivity index (χ3n) is 4.99. The van der Waals surface area contributed by atoms with Crippen molar-refractivity contribution in [3.05, 3.63) is 75.8 Å². The molecule has 0 bridgehead atoms. The van der Waals surface area contributed by atoms with Crippen molar-refractivity contribution in [2.75, 3.05) is 7.11 Å². The fourth-order valence-corrected chi connectivity index (χ4v) is 3.30. The highest BCUT2D eigenvalue weighted by Crippen LogP contribution is 2.24. The number of fused-ring (bicyclic) bond motifs is 1. The molecule has 0 aliphatic heterocycles. The van der Waals surface area contributed by atoms with Crippen LogP contribution in [0.25, 0.3) is 17.0 Å². The van der Waals surface area contributed by atoms with Crippen LogP contribution >= 0.6 is 0 Å². The number of carbonyl (C=O) groups excluding carboxylic acids is 1. The Morgan fingerprint density at radius 2 is 1.97 bits per heavy atom. The fourth-order valence-electron chi connectivity index (χ4n) is 3.30. The lowest BCUT2D eigenvalue weighted by atomic mass is 9.90. The number of nitrogens with one attached hydrogen (secondary N) is 1. The molecule has 3 heterocycles. The monoisotopic (exact) mass is 422 g/mol. The number of carbonyl (C=O) groups is 1. The molecule has 0 atom stereocenters. The second kappa shape index (κ2) is 7.71. The summed E-state index contributed by atoms with van der Waals surface area (Å²) < 4.78 is 20.5. The van der Waals surface area contributed by atoms with Crippen molar-refractivity contribution in [1.82, 2.24) is 29.8 Å². The summed E-state index contributed by atoms with van der Waals surface area (Å²) in [5, 5.41) is 12.4. The maximum absolute atomic E-state index is 14.1. The van der Waals surface area contributed by atoms with Gasteiger partial charge >= 0.3 is 5.97 Å². The van der Waals surface area contributed by atoms with Gasteiger partial charge in [0.2, 0.25) is 0 Å². The molecule has 31 heavy (non-hydrogen) atoms. The molecular weight excluding hydrogens is 403 g/mol. The summed E-state index contributed by atoms with van der Waals surface area (Å²) in [5.74, 6) is -0.375. The maximum atomic E-state index is 14.1. The van der Waals surface area contributed by atoms with Gasteiger partial charge in [-0.3, -0.25) is 9.59 Å². The van der Waals surface area contributed by atoms with Crippen LogP contribution in [0.1, 0.15) is 30.9 Å². The minimum Gasteiger partial charge on any atom is -0.468 e. The minimum absolute atomic E-state index is 0.0729. The molecule has 0 aliphatic carbocycles. The zero-order valence-corrected chi connectivity index (χ0v) is 17.1. The van der Waals surface area contributed by atoms with Crippen molar-refractivity contribution in [3.63, 3.8) is 0 Å². The number of nitrogens with zero attached hydrogens (tertiary/aromatic N) is 5. The van der Waals surface area contributed by atoms with Gasteiger partial charge in [0.15, 0.2) is 5.82 Å². The Labute approximate surface area is 175 Å². The number of methoxy groups -OCH3 is 1. The molecule has 3 aromatic heterocycles. The van der Waals surface area contributed by atoms with Crippen LogP contribution in [0.5, 0.6) is 0 Å². The summed E-state index contributed by atoms with van der Waals surface area (Å²) in [4.78, 5) is 31.9. The van der Waals surface area contributed by atoms with E-state index in [9.17, 15) is 14.0 Å². The van der Waals surface area contributed by atoms with E-state index in [1.807, 2.05) is 0 Å². The van der Waals surface area contributed by atoms with E-state index in [1.165, 1.54) is 27.0 Å². The van der Waals surface area contributed by atoms with Gasteiger partial charge in [0, 0.05) is 12.6 Å². The molecule has 0 radical (unpaired) electrons. The zero-order valence-electron chi connectivity index (χ0n) is 17.1. The normalized spacial score (nSPS) is 11.6. The van der Waals surface area contributed by atoms with Crippen molar-refractivity contribution in [3.8, 4) is 11.5 Å². The van der Waals surface area contributed by atoms with Crippen LogP contribution in [-0.4, -0.2) is 42.9 Å². The lowest BCUT2D eigenvalue weighted by molar-refractivity contribution is -0.146. The molecule has 0 fully saturated rings. The molecule has 0 unspecified atom stereocenters. The van der Waals surface area contributed by atoms with Gasteiger partial charge in [-0.05, 0) is 37.6 Å². The molecule has 10 heteroatoms. The highest BCUT2D eigenvalue weighted by molar-refractivity contribution is 5.81. The number of ether oxygens (including phenoxy) is 1. The van der Waals surface area contributed by atoms with Gasteiger partial charge in [0.05, 0.1) is 12.6 Å². The predicted octanol–water partition coefficient (Wildman–Crippen LogP) is 2.06. The van der Waals surface area contributed by atoms with Crippen molar-refractivity contribution in [2.45, 2.75) is 25.7 Å². The summed E-state index contributed by atoms with van der Waals surface area (Å²) in [6.07, 6.45) is 1.77. The molecule has 1 N–H and O–H groups in total. The summed E-state index contributed by atoms with van der Waals surface area (Å²) in [5.41, 5.74) is -0.564. The Balaban J connectivity index is 1.81. The quantitative estimate of drug-likeness (QED) is 0.490. The SMILES string of the molecule is COC(=O)C(C)(C)c1nnc(-c2nc(Cc3ccccc3F)n3ncccc23)[nH]c1=O. The van der Waals surface area contributed by atoms with Crippen LogP contribution in [0.3, 0.4) is 0 Å². The van der Waals surface area contributed by atoms with E-state index in [2.05, 4.69) is 25.3 Å². The van der Waals surface area contributed by atoms with E-state index >= 15 is 0 Å². The van der Waals surface area contributed by atoms with Gasteiger partial charge in [-0.15, -0.1) is 10.2 Å². The maximum Gasteiger partial charge on any atom is 0.317 e. The number of imidazole rings is 1. The van der Waals surface area contributed by atoms with Crippen molar-refractivity contribution < 1.29 is 13.9 Å². The summed E-state index contributed by atoms with van der Waals surface area (Å²) in [7, 11) is 1.24. The number of aromatic amines is 1. The number of esters is 1. The molecule has 4 rings (SSSR count). The first-order valence-electron chi connectivity index (χ1n) is 9.45. The second-order valence-corrected chi connectivity index (χ2v) is 7.43. The Kier molecular flexibility index (Phi) is 5.05. The highest BCUT2D eigenvalue weighted by Gasteiger charge is 2.36. The fraction of sp³-hybridized carbons (Fsp3) is 0.238. The smallest absolute Gasteiger partial charge is 0.317 e. The molecule has 0 saturated heterocycles. The molecule has 1 aromatic carbocycles. The molecule has 0 spiro atoms. The molecule has 0 saturated carbocycles. The number of aromatic nitrogens is 6. The van der Waals surface area contributed by atoms with Crippen LogP contribution < -0.4 is 5.56 Å². The third kappa shape index (κ3) is 3.56. The third-order valence-corrected chi connectivity index (χ3v) is 4.99. The second-order valence-electron chi connectivity index (χ2n) is 7.43. The lowest BCUT2D eigenvalue weighted by Crippen LogP contribution is -2.38. The van der Waals surface area contributed by atoms with E-state index < -0.39 is 16.9 Å².